The SMILES string of the molecule is COC(Cn1ccnc1-c1cccc2nonc12)c1cccs1. The number of hydrogen-bond donors (Lipinski definition) is 0. The maximum absolute atomic E-state index is 5.65. The van der Waals surface area contributed by atoms with Crippen LogP contribution >= 0.6 is 11.3 Å². The predicted octanol–water partition coefficient (Wildman–Crippen LogP) is 3.54. The van der Waals surface area contributed by atoms with Gasteiger partial charge >= 0.3 is 0 Å². The smallest absolute Gasteiger partial charge is 0.146 e. The van der Waals surface area contributed by atoms with Gasteiger partial charge in [-0.25, -0.2) is 9.61 Å². The molecule has 3 aromatic heterocycles. The number of nitrogens with zero attached hydrogens (tertiary/aromatic N) is 4. The maximum atomic E-state index is 5.65. The first-order chi connectivity index (χ1) is 11.4. The van der Waals surface area contributed by atoms with Crippen LogP contribution in [0.1, 0.15) is 11.0 Å². The largest absolute Gasteiger partial charge is 0.374 e. The minimum absolute atomic E-state index is 0.0161. The van der Waals surface area contributed by atoms with Crippen molar-refractivity contribution in [1.82, 2.24) is 19.9 Å². The van der Waals surface area contributed by atoms with Crippen molar-refractivity contribution in [3.05, 3.63) is 53.0 Å². The van der Waals surface area contributed by atoms with Crippen molar-refractivity contribution in [2.75, 3.05) is 7.11 Å². The zero-order chi connectivity index (χ0) is 15.6. The van der Waals surface area contributed by atoms with Crippen molar-refractivity contribution in [2.24, 2.45) is 0 Å². The highest BCUT2D eigenvalue weighted by Crippen LogP contribution is 2.28. The fourth-order valence-corrected chi connectivity index (χ4v) is 3.42. The Labute approximate surface area is 136 Å². The van der Waals surface area contributed by atoms with Crippen LogP contribution in [0.3, 0.4) is 0 Å². The molecule has 116 valence electrons. The number of aromatic nitrogens is 4. The lowest BCUT2D eigenvalue weighted by atomic mass is 10.1. The number of thiophene rings is 1. The van der Waals surface area contributed by atoms with Crippen LogP contribution in [0.2, 0.25) is 0 Å². The summed E-state index contributed by atoms with van der Waals surface area (Å²) in [6.45, 7) is 0.675. The van der Waals surface area contributed by atoms with E-state index in [1.165, 1.54) is 4.88 Å². The second-order valence-corrected chi connectivity index (χ2v) is 6.06. The van der Waals surface area contributed by atoms with Crippen LogP contribution in [0.15, 0.2) is 52.7 Å². The molecule has 7 heteroatoms. The molecule has 0 aliphatic heterocycles. The van der Waals surface area contributed by atoms with E-state index in [0.29, 0.717) is 12.1 Å². The van der Waals surface area contributed by atoms with Crippen molar-refractivity contribution in [2.45, 2.75) is 12.6 Å². The van der Waals surface area contributed by atoms with Crippen molar-refractivity contribution < 1.29 is 9.37 Å². The molecular formula is C16H14N4O2S. The van der Waals surface area contributed by atoms with E-state index in [1.54, 1.807) is 24.6 Å². The number of methoxy groups -OCH3 is 1. The summed E-state index contributed by atoms with van der Waals surface area (Å²) in [4.78, 5) is 5.67. The Balaban J connectivity index is 1.73. The van der Waals surface area contributed by atoms with Crippen molar-refractivity contribution in [3.8, 4) is 11.4 Å². The fraction of sp³-hybridized carbons (Fsp3) is 0.188. The first-order valence-corrected chi connectivity index (χ1v) is 8.04. The maximum Gasteiger partial charge on any atom is 0.146 e. The van der Waals surface area contributed by atoms with Gasteiger partial charge in [-0.15, -0.1) is 11.3 Å². The second-order valence-electron chi connectivity index (χ2n) is 5.08. The summed E-state index contributed by atoms with van der Waals surface area (Å²) in [5.41, 5.74) is 2.33. The van der Waals surface area contributed by atoms with E-state index in [0.717, 1.165) is 16.9 Å². The third kappa shape index (κ3) is 2.54. The minimum atomic E-state index is -0.0161. The molecule has 0 amide bonds. The zero-order valence-corrected chi connectivity index (χ0v) is 13.2. The lowest BCUT2D eigenvalue weighted by molar-refractivity contribution is 0.0911. The summed E-state index contributed by atoms with van der Waals surface area (Å²) < 4.78 is 12.6. The van der Waals surface area contributed by atoms with Gasteiger partial charge in [0.1, 0.15) is 23.0 Å². The lowest BCUT2D eigenvalue weighted by Crippen LogP contribution is -2.10. The average Bonchev–Trinajstić information content (AvgIpc) is 3.32. The number of imidazole rings is 1. The van der Waals surface area contributed by atoms with Gasteiger partial charge in [-0.2, -0.15) is 0 Å². The molecule has 4 aromatic rings. The molecule has 0 saturated carbocycles. The van der Waals surface area contributed by atoms with Crippen LogP contribution in [0, 0.1) is 0 Å². The lowest BCUT2D eigenvalue weighted by Gasteiger charge is -2.16. The Morgan fingerprint density at radius 3 is 3.04 bits per heavy atom. The van der Waals surface area contributed by atoms with E-state index in [9.17, 15) is 0 Å². The van der Waals surface area contributed by atoms with Gasteiger partial charge in [0.05, 0.1) is 6.54 Å². The Hall–Kier alpha value is -2.51. The third-order valence-electron chi connectivity index (χ3n) is 3.75. The van der Waals surface area contributed by atoms with E-state index in [2.05, 4.69) is 31.3 Å². The van der Waals surface area contributed by atoms with Gasteiger partial charge in [0.2, 0.25) is 0 Å². The molecule has 23 heavy (non-hydrogen) atoms. The van der Waals surface area contributed by atoms with Gasteiger partial charge in [-0.1, -0.05) is 12.1 Å². The molecule has 3 heterocycles. The third-order valence-corrected chi connectivity index (χ3v) is 4.71. The van der Waals surface area contributed by atoms with Crippen LogP contribution in [0.25, 0.3) is 22.4 Å². The highest BCUT2D eigenvalue weighted by atomic mass is 32.1. The molecule has 6 nitrogen and oxygen atoms in total. The van der Waals surface area contributed by atoms with Gasteiger partial charge in [-0.3, -0.25) is 0 Å². The van der Waals surface area contributed by atoms with Gasteiger partial charge in [0.25, 0.3) is 0 Å². The molecule has 0 saturated heterocycles. The second kappa shape index (κ2) is 5.94. The van der Waals surface area contributed by atoms with Crippen LogP contribution < -0.4 is 0 Å². The number of hydrogen-bond acceptors (Lipinski definition) is 6. The van der Waals surface area contributed by atoms with Gasteiger partial charge in [-0.05, 0) is 33.9 Å². The Bertz CT molecular complexity index is 913. The van der Waals surface area contributed by atoms with E-state index in [-0.39, 0.29) is 6.10 Å². The van der Waals surface area contributed by atoms with Crippen molar-refractivity contribution in [3.63, 3.8) is 0 Å². The quantitative estimate of drug-likeness (QED) is 0.561. The first kappa shape index (κ1) is 14.1. The predicted molar refractivity (Wildman–Crippen MR) is 87.1 cm³/mol. The minimum Gasteiger partial charge on any atom is -0.374 e. The zero-order valence-electron chi connectivity index (χ0n) is 12.4. The Kier molecular flexibility index (Phi) is 3.64. The molecule has 1 atom stereocenters. The summed E-state index contributed by atoms with van der Waals surface area (Å²) >= 11 is 1.69. The molecule has 0 fully saturated rings. The fourth-order valence-electron chi connectivity index (χ4n) is 2.62. The van der Waals surface area contributed by atoms with Crippen molar-refractivity contribution in [1.29, 1.82) is 0 Å². The summed E-state index contributed by atoms with van der Waals surface area (Å²) in [6.07, 6.45) is 3.71. The van der Waals surface area contributed by atoms with E-state index in [1.807, 2.05) is 30.5 Å². The number of benzene rings is 1. The molecule has 1 unspecified atom stereocenters. The molecule has 0 spiro atoms. The highest BCUT2D eigenvalue weighted by Gasteiger charge is 2.17. The number of ether oxygens (including phenoxy) is 1. The topological polar surface area (TPSA) is 66.0 Å². The van der Waals surface area contributed by atoms with Crippen LogP contribution in [-0.2, 0) is 11.3 Å². The Morgan fingerprint density at radius 2 is 2.22 bits per heavy atom. The average molecular weight is 326 g/mol. The van der Waals surface area contributed by atoms with E-state index >= 15 is 0 Å². The molecule has 0 aliphatic carbocycles. The van der Waals surface area contributed by atoms with Crippen molar-refractivity contribution >= 4 is 22.4 Å². The summed E-state index contributed by atoms with van der Waals surface area (Å²) in [5, 5.41) is 9.94. The van der Waals surface area contributed by atoms with E-state index in [4.69, 9.17) is 9.37 Å². The van der Waals surface area contributed by atoms with E-state index < -0.39 is 0 Å². The van der Waals surface area contributed by atoms with Crippen LogP contribution in [0.5, 0.6) is 0 Å². The summed E-state index contributed by atoms with van der Waals surface area (Å²) in [6, 6.07) is 9.87. The monoisotopic (exact) mass is 326 g/mol. The molecule has 0 N–H and O–H groups in total. The van der Waals surface area contributed by atoms with Crippen LogP contribution in [0.4, 0.5) is 0 Å². The highest BCUT2D eigenvalue weighted by molar-refractivity contribution is 7.10. The van der Waals surface area contributed by atoms with Gasteiger partial charge < -0.3 is 9.30 Å². The number of rotatable bonds is 5. The molecule has 0 radical (unpaired) electrons. The summed E-state index contributed by atoms with van der Waals surface area (Å²) in [7, 11) is 1.73. The molecule has 1 aromatic carbocycles. The first-order valence-electron chi connectivity index (χ1n) is 7.16. The molecular weight excluding hydrogens is 312 g/mol. The molecule has 0 aliphatic rings. The van der Waals surface area contributed by atoms with Gasteiger partial charge in [0, 0.05) is 29.9 Å². The molecule has 0 bridgehead atoms. The summed E-state index contributed by atoms with van der Waals surface area (Å²) in [5.74, 6) is 0.824. The normalized spacial score (nSPS) is 12.7. The Morgan fingerprint density at radius 1 is 1.26 bits per heavy atom. The standard InChI is InChI=1S/C16H14N4O2S/c1-21-13(14-6-3-9-23-14)10-20-8-7-17-16(20)11-4-2-5-12-15(11)19-22-18-12/h2-9,13H,10H2,1H3. The number of fused-ring (bicyclic) bond motifs is 1. The van der Waals surface area contributed by atoms with Crippen LogP contribution in [-0.4, -0.2) is 27.0 Å². The van der Waals surface area contributed by atoms with Gasteiger partial charge in [0.15, 0.2) is 0 Å². The molecule has 4 rings (SSSR count).